The van der Waals surface area contributed by atoms with Crippen molar-refractivity contribution < 1.29 is 8.81 Å². The maximum atomic E-state index is 13.3. The Bertz CT molecular complexity index is 985. The van der Waals surface area contributed by atoms with Gasteiger partial charge in [-0.2, -0.15) is 10.5 Å². The van der Waals surface area contributed by atoms with E-state index in [0.717, 1.165) is 5.56 Å². The Labute approximate surface area is 138 Å². The molecule has 0 saturated heterocycles. The number of nitriles is 2. The lowest BCUT2D eigenvalue weighted by molar-refractivity contribution is 0.572. The van der Waals surface area contributed by atoms with E-state index in [2.05, 4.69) is 12.1 Å². The summed E-state index contributed by atoms with van der Waals surface area (Å²) in [5.74, 6) is 0.726. The van der Waals surface area contributed by atoms with Crippen LogP contribution in [0.3, 0.4) is 0 Å². The summed E-state index contributed by atoms with van der Waals surface area (Å²) in [6.45, 7) is 0. The molecule has 0 fully saturated rings. The zero-order chi connectivity index (χ0) is 16.9. The number of allylic oxidation sites excluding steroid dienone is 1. The predicted molar refractivity (Wildman–Crippen MR) is 88.7 cm³/mol. The van der Waals surface area contributed by atoms with E-state index in [1.54, 1.807) is 54.6 Å². The van der Waals surface area contributed by atoms with Gasteiger partial charge in [-0.05, 0) is 60.2 Å². The van der Waals surface area contributed by atoms with Crippen LogP contribution in [0.1, 0.15) is 16.9 Å². The summed E-state index contributed by atoms with van der Waals surface area (Å²) in [7, 11) is 0. The highest BCUT2D eigenvalue weighted by Gasteiger charge is 2.07. The SMILES string of the molecule is N#C/C(=C/c1ccc(-c2ccc(C#N)cc2)o1)c1cccc(F)c1. The molecular weight excluding hydrogens is 303 g/mol. The van der Waals surface area contributed by atoms with E-state index >= 15 is 0 Å². The van der Waals surface area contributed by atoms with E-state index in [1.807, 2.05) is 0 Å². The molecule has 0 aliphatic carbocycles. The molecule has 1 heterocycles. The Morgan fingerprint density at radius 2 is 1.79 bits per heavy atom. The van der Waals surface area contributed by atoms with Crippen LogP contribution >= 0.6 is 0 Å². The minimum Gasteiger partial charge on any atom is -0.457 e. The Balaban J connectivity index is 1.92. The van der Waals surface area contributed by atoms with Gasteiger partial charge in [-0.1, -0.05) is 12.1 Å². The van der Waals surface area contributed by atoms with E-state index in [9.17, 15) is 9.65 Å². The highest BCUT2D eigenvalue weighted by molar-refractivity contribution is 5.88. The third-order valence-electron chi connectivity index (χ3n) is 3.47. The molecule has 3 aromatic rings. The Morgan fingerprint density at radius 1 is 1.00 bits per heavy atom. The van der Waals surface area contributed by atoms with Gasteiger partial charge in [-0.25, -0.2) is 4.39 Å². The number of hydrogen-bond donors (Lipinski definition) is 0. The molecule has 3 rings (SSSR count). The van der Waals surface area contributed by atoms with Crippen molar-refractivity contribution in [1.29, 1.82) is 10.5 Å². The van der Waals surface area contributed by atoms with Crippen LogP contribution in [0.5, 0.6) is 0 Å². The summed E-state index contributed by atoms with van der Waals surface area (Å²) in [6, 6.07) is 20.5. The van der Waals surface area contributed by atoms with Gasteiger partial charge in [0.2, 0.25) is 0 Å². The molecule has 24 heavy (non-hydrogen) atoms. The van der Waals surface area contributed by atoms with Gasteiger partial charge in [-0.3, -0.25) is 0 Å². The summed E-state index contributed by atoms with van der Waals surface area (Å²) in [5, 5.41) is 18.1. The van der Waals surface area contributed by atoms with E-state index in [-0.39, 0.29) is 0 Å². The smallest absolute Gasteiger partial charge is 0.134 e. The third kappa shape index (κ3) is 3.24. The van der Waals surface area contributed by atoms with Gasteiger partial charge in [0.15, 0.2) is 0 Å². The number of hydrogen-bond acceptors (Lipinski definition) is 3. The van der Waals surface area contributed by atoms with Crippen molar-refractivity contribution in [3.8, 4) is 23.5 Å². The van der Waals surface area contributed by atoms with Crippen molar-refractivity contribution in [2.75, 3.05) is 0 Å². The molecule has 0 aliphatic heterocycles. The molecule has 114 valence electrons. The van der Waals surface area contributed by atoms with E-state index < -0.39 is 5.82 Å². The normalized spacial score (nSPS) is 10.9. The molecule has 0 unspecified atom stereocenters. The molecule has 0 atom stereocenters. The molecule has 0 spiro atoms. The first-order chi connectivity index (χ1) is 11.7. The molecule has 0 aliphatic rings. The quantitative estimate of drug-likeness (QED) is 0.638. The summed E-state index contributed by atoms with van der Waals surface area (Å²) in [5.41, 5.74) is 2.21. The molecule has 2 aromatic carbocycles. The van der Waals surface area contributed by atoms with Gasteiger partial charge in [0.05, 0.1) is 23.3 Å². The average molecular weight is 314 g/mol. The lowest BCUT2D eigenvalue weighted by Crippen LogP contribution is -1.83. The standard InChI is InChI=1S/C20H11FN2O/c21-18-3-1-2-16(10-18)17(13-23)11-19-8-9-20(24-19)15-6-4-14(12-22)5-7-15/h1-11H/b17-11-. The van der Waals surface area contributed by atoms with Gasteiger partial charge < -0.3 is 4.42 Å². The highest BCUT2D eigenvalue weighted by Crippen LogP contribution is 2.25. The molecule has 3 nitrogen and oxygen atoms in total. The Hall–Kier alpha value is -3.63. The third-order valence-corrected chi connectivity index (χ3v) is 3.47. The Kier molecular flexibility index (Phi) is 4.23. The van der Waals surface area contributed by atoms with Crippen molar-refractivity contribution in [3.05, 3.63) is 83.4 Å². The maximum Gasteiger partial charge on any atom is 0.134 e. The van der Waals surface area contributed by atoms with Crippen LogP contribution in [0.2, 0.25) is 0 Å². The molecule has 0 radical (unpaired) electrons. The second kappa shape index (κ2) is 6.64. The largest absolute Gasteiger partial charge is 0.457 e. The van der Waals surface area contributed by atoms with Gasteiger partial charge in [0, 0.05) is 5.56 Å². The zero-order valence-corrected chi connectivity index (χ0v) is 12.5. The van der Waals surface area contributed by atoms with Crippen LogP contribution in [0.25, 0.3) is 23.0 Å². The van der Waals surface area contributed by atoms with Crippen LogP contribution in [-0.4, -0.2) is 0 Å². The highest BCUT2D eigenvalue weighted by atomic mass is 19.1. The molecule has 0 amide bonds. The van der Waals surface area contributed by atoms with Crippen molar-refractivity contribution in [1.82, 2.24) is 0 Å². The summed E-state index contributed by atoms with van der Waals surface area (Å²) >= 11 is 0. The molecule has 1 aromatic heterocycles. The molecule has 0 saturated carbocycles. The predicted octanol–water partition coefficient (Wildman–Crippen LogP) is 5.02. The zero-order valence-electron chi connectivity index (χ0n) is 12.5. The molecule has 0 bridgehead atoms. The number of furan rings is 1. The fourth-order valence-corrected chi connectivity index (χ4v) is 2.27. The van der Waals surface area contributed by atoms with Crippen LogP contribution in [-0.2, 0) is 0 Å². The number of rotatable bonds is 3. The van der Waals surface area contributed by atoms with Crippen LogP contribution in [0, 0.1) is 28.5 Å². The first kappa shape index (κ1) is 15.3. The number of benzene rings is 2. The van der Waals surface area contributed by atoms with E-state index in [0.29, 0.717) is 28.2 Å². The maximum absolute atomic E-state index is 13.3. The van der Waals surface area contributed by atoms with Crippen LogP contribution < -0.4 is 0 Å². The van der Waals surface area contributed by atoms with Crippen LogP contribution in [0.15, 0.2) is 65.1 Å². The minimum absolute atomic E-state index is 0.315. The van der Waals surface area contributed by atoms with Gasteiger partial charge in [0.1, 0.15) is 17.3 Å². The van der Waals surface area contributed by atoms with Crippen LogP contribution in [0.4, 0.5) is 4.39 Å². The molecule has 0 N–H and O–H groups in total. The number of nitrogens with zero attached hydrogens (tertiary/aromatic N) is 2. The first-order valence-electron chi connectivity index (χ1n) is 7.18. The Morgan fingerprint density at radius 3 is 2.46 bits per heavy atom. The van der Waals surface area contributed by atoms with Gasteiger partial charge in [0.25, 0.3) is 0 Å². The lowest BCUT2D eigenvalue weighted by Gasteiger charge is -1.99. The average Bonchev–Trinajstić information content (AvgIpc) is 3.08. The number of halogens is 1. The summed E-state index contributed by atoms with van der Waals surface area (Å²) in [6.07, 6.45) is 1.57. The van der Waals surface area contributed by atoms with Crippen molar-refractivity contribution in [2.45, 2.75) is 0 Å². The molecule has 4 heteroatoms. The molecular formula is C20H11FN2O. The first-order valence-corrected chi connectivity index (χ1v) is 7.18. The van der Waals surface area contributed by atoms with E-state index in [1.165, 1.54) is 12.1 Å². The monoisotopic (exact) mass is 314 g/mol. The van der Waals surface area contributed by atoms with Crippen molar-refractivity contribution in [2.24, 2.45) is 0 Å². The topological polar surface area (TPSA) is 60.7 Å². The lowest BCUT2D eigenvalue weighted by atomic mass is 10.1. The van der Waals surface area contributed by atoms with Crippen molar-refractivity contribution >= 4 is 11.6 Å². The van der Waals surface area contributed by atoms with Gasteiger partial charge >= 0.3 is 0 Å². The van der Waals surface area contributed by atoms with E-state index in [4.69, 9.17) is 9.68 Å². The summed E-state index contributed by atoms with van der Waals surface area (Å²) in [4.78, 5) is 0. The summed E-state index contributed by atoms with van der Waals surface area (Å²) < 4.78 is 19.0. The fraction of sp³-hybridized carbons (Fsp3) is 0. The second-order valence-electron chi connectivity index (χ2n) is 5.07. The minimum atomic E-state index is -0.397. The van der Waals surface area contributed by atoms with Crippen molar-refractivity contribution in [3.63, 3.8) is 0 Å². The fourth-order valence-electron chi connectivity index (χ4n) is 2.27. The van der Waals surface area contributed by atoms with Gasteiger partial charge in [-0.15, -0.1) is 0 Å². The second-order valence-corrected chi connectivity index (χ2v) is 5.07.